The highest BCUT2D eigenvalue weighted by Gasteiger charge is 2.14. The standard InChI is InChI=1S/C18H16N4O/c1-10-7-11(2)20-16(10)8-13-17(21-22-18(13)23)14-9-19-15-6-4-3-5-12(14)15/h3-9,20-21H,1-2H3,(H,22,23). The van der Waals surface area contributed by atoms with Crippen molar-refractivity contribution in [3.8, 4) is 0 Å². The number of aliphatic imine (C=N–C) groups is 1. The molecule has 0 aliphatic carbocycles. The number of hydrogen-bond acceptors (Lipinski definition) is 2. The van der Waals surface area contributed by atoms with Crippen molar-refractivity contribution >= 4 is 23.6 Å². The largest absolute Gasteiger partial charge is 0.359 e. The van der Waals surface area contributed by atoms with E-state index in [1.54, 1.807) is 6.21 Å². The Labute approximate surface area is 132 Å². The SMILES string of the molecule is Cc1cc(C)c(C=c2c(=O)[nH][nH]c2=C2C=Nc3ccccc32)[nH]1. The summed E-state index contributed by atoms with van der Waals surface area (Å²) >= 11 is 0. The van der Waals surface area contributed by atoms with Crippen LogP contribution in [0.15, 0.2) is 40.1 Å². The Morgan fingerprint density at radius 2 is 1.96 bits per heavy atom. The Morgan fingerprint density at radius 3 is 2.74 bits per heavy atom. The van der Waals surface area contributed by atoms with Gasteiger partial charge in [0.1, 0.15) is 0 Å². The summed E-state index contributed by atoms with van der Waals surface area (Å²) in [6.45, 7) is 4.02. The lowest BCUT2D eigenvalue weighted by Gasteiger charge is -1.97. The van der Waals surface area contributed by atoms with E-state index in [0.717, 1.165) is 39.1 Å². The van der Waals surface area contributed by atoms with Gasteiger partial charge in [-0.05, 0) is 37.6 Å². The van der Waals surface area contributed by atoms with Gasteiger partial charge >= 0.3 is 0 Å². The van der Waals surface area contributed by atoms with Gasteiger partial charge in [-0.2, -0.15) is 0 Å². The normalized spacial score (nSPS) is 16.2. The number of benzene rings is 1. The fourth-order valence-electron chi connectivity index (χ4n) is 2.98. The third-order valence-electron chi connectivity index (χ3n) is 4.09. The molecule has 1 aliphatic heterocycles. The van der Waals surface area contributed by atoms with Gasteiger partial charge < -0.3 is 4.98 Å². The summed E-state index contributed by atoms with van der Waals surface area (Å²) in [7, 11) is 0. The van der Waals surface area contributed by atoms with Crippen molar-refractivity contribution in [3.63, 3.8) is 0 Å². The molecule has 23 heavy (non-hydrogen) atoms. The van der Waals surface area contributed by atoms with Crippen molar-refractivity contribution in [2.75, 3.05) is 0 Å². The quantitative estimate of drug-likeness (QED) is 0.624. The molecule has 0 fully saturated rings. The maximum Gasteiger partial charge on any atom is 0.271 e. The van der Waals surface area contributed by atoms with Crippen LogP contribution in [0, 0.1) is 13.8 Å². The predicted octanol–water partition coefficient (Wildman–Crippen LogP) is 1.39. The highest BCUT2D eigenvalue weighted by Crippen LogP contribution is 2.28. The summed E-state index contributed by atoms with van der Waals surface area (Å²) in [5, 5.41) is 7.04. The zero-order valence-corrected chi connectivity index (χ0v) is 12.9. The van der Waals surface area contributed by atoms with E-state index in [2.05, 4.69) is 26.2 Å². The van der Waals surface area contributed by atoms with Crippen molar-refractivity contribution in [2.24, 2.45) is 4.99 Å². The van der Waals surface area contributed by atoms with E-state index in [9.17, 15) is 4.79 Å². The molecular formula is C18H16N4O. The summed E-state index contributed by atoms with van der Waals surface area (Å²) in [5.41, 5.74) is 5.85. The minimum Gasteiger partial charge on any atom is -0.359 e. The maximum atomic E-state index is 12.2. The van der Waals surface area contributed by atoms with Crippen LogP contribution in [0.1, 0.15) is 22.5 Å². The number of aromatic amines is 3. The van der Waals surface area contributed by atoms with Gasteiger partial charge in [-0.25, -0.2) is 0 Å². The Morgan fingerprint density at radius 1 is 1.13 bits per heavy atom. The van der Waals surface area contributed by atoms with Gasteiger partial charge in [0.05, 0.1) is 16.3 Å². The van der Waals surface area contributed by atoms with Crippen molar-refractivity contribution in [1.82, 2.24) is 15.2 Å². The number of para-hydroxylation sites is 1. The first-order valence-corrected chi connectivity index (χ1v) is 7.46. The lowest BCUT2D eigenvalue weighted by Crippen LogP contribution is -2.35. The Bertz CT molecular complexity index is 1110. The number of aromatic nitrogens is 3. The first-order valence-electron chi connectivity index (χ1n) is 7.46. The molecule has 0 saturated carbocycles. The van der Waals surface area contributed by atoms with Crippen LogP contribution in [-0.4, -0.2) is 21.4 Å². The molecule has 0 saturated heterocycles. The van der Waals surface area contributed by atoms with E-state index in [4.69, 9.17) is 0 Å². The number of H-pyrrole nitrogens is 3. The van der Waals surface area contributed by atoms with Gasteiger partial charge in [0, 0.05) is 28.7 Å². The average molecular weight is 304 g/mol. The second kappa shape index (κ2) is 4.98. The molecule has 5 nitrogen and oxygen atoms in total. The second-order valence-corrected chi connectivity index (χ2v) is 5.75. The van der Waals surface area contributed by atoms with Crippen molar-refractivity contribution in [1.29, 1.82) is 0 Å². The number of rotatable bonds is 1. The van der Waals surface area contributed by atoms with Crippen molar-refractivity contribution < 1.29 is 0 Å². The molecule has 0 spiro atoms. The van der Waals surface area contributed by atoms with Crippen LogP contribution in [0.4, 0.5) is 5.69 Å². The highest BCUT2D eigenvalue weighted by atomic mass is 16.1. The van der Waals surface area contributed by atoms with E-state index in [1.165, 1.54) is 0 Å². The first-order chi connectivity index (χ1) is 11.1. The third-order valence-corrected chi connectivity index (χ3v) is 4.09. The first kappa shape index (κ1) is 13.6. The molecule has 2 aromatic heterocycles. The number of fused-ring (bicyclic) bond motifs is 1. The van der Waals surface area contributed by atoms with Crippen LogP contribution in [0.2, 0.25) is 0 Å². The van der Waals surface area contributed by atoms with Gasteiger partial charge in [0.15, 0.2) is 0 Å². The maximum absolute atomic E-state index is 12.2. The molecule has 0 atom stereocenters. The molecule has 1 aliphatic rings. The smallest absolute Gasteiger partial charge is 0.271 e. The molecule has 0 radical (unpaired) electrons. The van der Waals surface area contributed by atoms with E-state index in [0.29, 0.717) is 5.22 Å². The van der Waals surface area contributed by atoms with Gasteiger partial charge in [0.2, 0.25) is 0 Å². The van der Waals surface area contributed by atoms with E-state index >= 15 is 0 Å². The highest BCUT2D eigenvalue weighted by molar-refractivity contribution is 6.15. The summed E-state index contributed by atoms with van der Waals surface area (Å²) in [4.78, 5) is 19.9. The third kappa shape index (κ3) is 2.17. The Kier molecular flexibility index (Phi) is 2.94. The van der Waals surface area contributed by atoms with Crippen LogP contribution < -0.4 is 16.1 Å². The van der Waals surface area contributed by atoms with Gasteiger partial charge in [-0.1, -0.05) is 18.2 Å². The predicted molar refractivity (Wildman–Crippen MR) is 91.6 cm³/mol. The van der Waals surface area contributed by atoms with E-state index in [-0.39, 0.29) is 5.56 Å². The van der Waals surface area contributed by atoms with Crippen LogP contribution in [-0.2, 0) is 0 Å². The number of hydrogen-bond donors (Lipinski definition) is 3. The molecule has 5 heteroatoms. The summed E-state index contributed by atoms with van der Waals surface area (Å²) in [5.74, 6) is 0. The molecule has 3 heterocycles. The minimum atomic E-state index is -0.142. The monoisotopic (exact) mass is 304 g/mol. The van der Waals surface area contributed by atoms with Crippen LogP contribution in [0.3, 0.4) is 0 Å². The van der Waals surface area contributed by atoms with Crippen LogP contribution >= 0.6 is 0 Å². The molecule has 4 rings (SSSR count). The molecule has 114 valence electrons. The van der Waals surface area contributed by atoms with E-state index < -0.39 is 0 Å². The molecule has 1 aromatic carbocycles. The minimum absolute atomic E-state index is 0.142. The van der Waals surface area contributed by atoms with Gasteiger partial charge in [-0.3, -0.25) is 20.0 Å². The fourth-order valence-corrected chi connectivity index (χ4v) is 2.98. The lowest BCUT2D eigenvalue weighted by molar-refractivity contribution is 1.03. The topological polar surface area (TPSA) is 76.8 Å². The van der Waals surface area contributed by atoms with Crippen LogP contribution in [0.5, 0.6) is 0 Å². The van der Waals surface area contributed by atoms with Gasteiger partial charge in [-0.15, -0.1) is 0 Å². The zero-order valence-electron chi connectivity index (χ0n) is 12.9. The van der Waals surface area contributed by atoms with Crippen molar-refractivity contribution in [3.05, 3.63) is 73.8 Å². The number of nitrogens with zero attached hydrogens (tertiary/aromatic N) is 1. The fraction of sp³-hybridized carbons (Fsp3) is 0.111. The van der Waals surface area contributed by atoms with E-state index in [1.807, 2.05) is 44.2 Å². The lowest BCUT2D eigenvalue weighted by atomic mass is 10.1. The average Bonchev–Trinajstić information content (AvgIpc) is 3.19. The zero-order chi connectivity index (χ0) is 16.0. The molecule has 3 N–H and O–H groups in total. The number of aryl methyl sites for hydroxylation is 2. The number of nitrogens with one attached hydrogen (secondary N) is 3. The summed E-state index contributed by atoms with van der Waals surface area (Å²) in [6, 6.07) is 9.96. The van der Waals surface area contributed by atoms with Crippen LogP contribution in [0.25, 0.3) is 11.6 Å². The summed E-state index contributed by atoms with van der Waals surface area (Å²) < 4.78 is 0. The molecular weight excluding hydrogens is 288 g/mol. The Balaban J connectivity index is 2.05. The molecule has 0 unspecified atom stereocenters. The molecule has 3 aromatic rings. The Hall–Kier alpha value is -3.08. The second-order valence-electron chi connectivity index (χ2n) is 5.75. The van der Waals surface area contributed by atoms with Crippen molar-refractivity contribution in [2.45, 2.75) is 13.8 Å². The van der Waals surface area contributed by atoms with Gasteiger partial charge in [0.25, 0.3) is 5.56 Å². The molecule has 0 bridgehead atoms. The molecule has 0 amide bonds. The summed E-state index contributed by atoms with van der Waals surface area (Å²) in [6.07, 6.45) is 3.68.